The average molecular weight is 370 g/mol. The first-order chi connectivity index (χ1) is 13.0. The van der Waals surface area contributed by atoms with Gasteiger partial charge in [-0.1, -0.05) is 0 Å². The summed E-state index contributed by atoms with van der Waals surface area (Å²) in [6.45, 7) is 0.608. The number of carbonyl (C=O) groups excluding carboxylic acids is 2. The van der Waals surface area contributed by atoms with Crippen molar-refractivity contribution >= 4 is 17.5 Å². The zero-order valence-electron chi connectivity index (χ0n) is 15.1. The normalized spacial score (nSPS) is 19.5. The molecular formula is C20H19FN2O4. The van der Waals surface area contributed by atoms with E-state index < -0.39 is 11.9 Å². The van der Waals surface area contributed by atoms with Crippen LogP contribution < -0.4 is 14.4 Å². The van der Waals surface area contributed by atoms with Crippen LogP contribution >= 0.6 is 0 Å². The Morgan fingerprint density at radius 3 is 2.22 bits per heavy atom. The van der Waals surface area contributed by atoms with Crippen LogP contribution in [0.25, 0.3) is 0 Å². The van der Waals surface area contributed by atoms with E-state index in [0.717, 1.165) is 16.0 Å². The highest BCUT2D eigenvalue weighted by Crippen LogP contribution is 2.36. The molecule has 0 aromatic heterocycles. The van der Waals surface area contributed by atoms with Gasteiger partial charge in [0.05, 0.1) is 32.5 Å². The summed E-state index contributed by atoms with van der Waals surface area (Å²) < 4.78 is 23.9. The van der Waals surface area contributed by atoms with Gasteiger partial charge in [0, 0.05) is 6.54 Å². The molecule has 0 spiro atoms. The van der Waals surface area contributed by atoms with Gasteiger partial charge in [-0.05, 0) is 53.9 Å². The fourth-order valence-corrected chi connectivity index (χ4v) is 3.75. The van der Waals surface area contributed by atoms with Gasteiger partial charge in [-0.15, -0.1) is 0 Å². The topological polar surface area (TPSA) is 59.1 Å². The van der Waals surface area contributed by atoms with E-state index in [1.807, 2.05) is 17.0 Å². The molecule has 27 heavy (non-hydrogen) atoms. The maximum Gasteiger partial charge on any atom is 0.251 e. The van der Waals surface area contributed by atoms with Gasteiger partial charge < -0.3 is 9.47 Å². The molecule has 140 valence electrons. The van der Waals surface area contributed by atoms with Gasteiger partial charge in [-0.25, -0.2) is 9.29 Å². The molecule has 0 radical (unpaired) electrons. The van der Waals surface area contributed by atoms with Crippen molar-refractivity contribution in [1.82, 2.24) is 4.90 Å². The number of rotatable bonds is 3. The third-order valence-electron chi connectivity index (χ3n) is 5.11. The molecule has 6 nitrogen and oxygen atoms in total. The lowest BCUT2D eigenvalue weighted by Gasteiger charge is -2.42. The summed E-state index contributed by atoms with van der Waals surface area (Å²) in [6, 6.07) is 8.73. The molecule has 2 aliphatic rings. The van der Waals surface area contributed by atoms with Crippen LogP contribution in [0.2, 0.25) is 0 Å². The van der Waals surface area contributed by atoms with Crippen LogP contribution in [0.15, 0.2) is 36.4 Å². The molecular weight excluding hydrogens is 351 g/mol. The summed E-state index contributed by atoms with van der Waals surface area (Å²) in [4.78, 5) is 28.7. The lowest BCUT2D eigenvalue weighted by molar-refractivity contribution is -0.136. The Bertz CT molecular complexity index is 913. The SMILES string of the molecule is COc1cc2c(cc1OC)CN1CC(=O)N(c3ccc(F)cc3)C(=O)[C@H]1C2. The lowest BCUT2D eigenvalue weighted by atomic mass is 9.91. The van der Waals surface area contributed by atoms with Crippen LogP contribution in [0.3, 0.4) is 0 Å². The van der Waals surface area contributed by atoms with Crippen molar-refractivity contribution in [2.45, 2.75) is 19.0 Å². The Hall–Kier alpha value is -2.93. The largest absolute Gasteiger partial charge is 0.493 e. The van der Waals surface area contributed by atoms with E-state index in [-0.39, 0.29) is 18.4 Å². The predicted molar refractivity (Wildman–Crippen MR) is 96.3 cm³/mol. The van der Waals surface area contributed by atoms with E-state index in [1.54, 1.807) is 14.2 Å². The Morgan fingerprint density at radius 1 is 0.963 bits per heavy atom. The molecule has 2 amide bonds. The molecule has 1 saturated heterocycles. The summed E-state index contributed by atoms with van der Waals surface area (Å²) in [6.07, 6.45) is 0.472. The summed E-state index contributed by atoms with van der Waals surface area (Å²) in [5.41, 5.74) is 2.40. The number of methoxy groups -OCH3 is 2. The second-order valence-electron chi connectivity index (χ2n) is 6.64. The van der Waals surface area contributed by atoms with Crippen LogP contribution in [-0.2, 0) is 22.6 Å². The van der Waals surface area contributed by atoms with E-state index in [4.69, 9.17) is 9.47 Å². The fraction of sp³-hybridized carbons (Fsp3) is 0.300. The van der Waals surface area contributed by atoms with E-state index in [1.165, 1.54) is 24.3 Å². The molecule has 2 heterocycles. The molecule has 0 bridgehead atoms. The first-order valence-corrected chi connectivity index (χ1v) is 8.62. The number of nitrogens with zero attached hydrogens (tertiary/aromatic N) is 2. The van der Waals surface area contributed by atoms with E-state index >= 15 is 0 Å². The quantitative estimate of drug-likeness (QED) is 0.775. The average Bonchev–Trinajstić information content (AvgIpc) is 2.67. The maximum atomic E-state index is 13.2. The van der Waals surface area contributed by atoms with Gasteiger partial charge in [-0.2, -0.15) is 0 Å². The van der Waals surface area contributed by atoms with Gasteiger partial charge in [0.15, 0.2) is 11.5 Å². The molecule has 1 atom stereocenters. The van der Waals surface area contributed by atoms with Crippen molar-refractivity contribution in [3.63, 3.8) is 0 Å². The second-order valence-corrected chi connectivity index (χ2v) is 6.64. The van der Waals surface area contributed by atoms with Crippen LogP contribution in [0.4, 0.5) is 10.1 Å². The van der Waals surface area contributed by atoms with Crippen molar-refractivity contribution in [2.24, 2.45) is 0 Å². The molecule has 2 aromatic carbocycles. The van der Waals surface area contributed by atoms with E-state index in [0.29, 0.717) is 30.2 Å². The minimum Gasteiger partial charge on any atom is -0.493 e. The number of hydrogen-bond donors (Lipinski definition) is 0. The third-order valence-corrected chi connectivity index (χ3v) is 5.11. The van der Waals surface area contributed by atoms with E-state index in [2.05, 4.69) is 0 Å². The molecule has 2 aromatic rings. The number of fused-ring (bicyclic) bond motifs is 2. The summed E-state index contributed by atoms with van der Waals surface area (Å²) in [7, 11) is 3.14. The third kappa shape index (κ3) is 2.94. The minimum absolute atomic E-state index is 0.127. The monoisotopic (exact) mass is 370 g/mol. The van der Waals surface area contributed by atoms with Gasteiger partial charge in [0.25, 0.3) is 5.91 Å². The number of imide groups is 1. The summed E-state index contributed by atoms with van der Waals surface area (Å²) in [5, 5.41) is 0. The van der Waals surface area contributed by atoms with Crippen molar-refractivity contribution in [3.05, 3.63) is 53.3 Å². The summed E-state index contributed by atoms with van der Waals surface area (Å²) >= 11 is 0. The fourth-order valence-electron chi connectivity index (χ4n) is 3.75. The van der Waals surface area contributed by atoms with Crippen LogP contribution in [0.1, 0.15) is 11.1 Å². The van der Waals surface area contributed by atoms with Crippen molar-refractivity contribution in [1.29, 1.82) is 0 Å². The molecule has 1 fully saturated rings. The number of piperazine rings is 1. The zero-order chi connectivity index (χ0) is 19.1. The molecule has 0 aliphatic carbocycles. The first kappa shape index (κ1) is 17.5. The Labute approximate surface area is 156 Å². The molecule has 7 heteroatoms. The smallest absolute Gasteiger partial charge is 0.251 e. The minimum atomic E-state index is -0.446. The number of benzene rings is 2. The molecule has 2 aliphatic heterocycles. The maximum absolute atomic E-state index is 13.2. The molecule has 0 N–H and O–H groups in total. The molecule has 0 saturated carbocycles. The lowest BCUT2D eigenvalue weighted by Crippen LogP contribution is -2.61. The number of amides is 2. The number of carbonyl (C=O) groups is 2. The highest BCUT2D eigenvalue weighted by molar-refractivity contribution is 6.19. The van der Waals surface area contributed by atoms with Crippen LogP contribution in [0, 0.1) is 5.82 Å². The highest BCUT2D eigenvalue weighted by atomic mass is 19.1. The number of halogens is 1. The Kier molecular flexibility index (Phi) is 4.31. The molecule has 4 rings (SSSR count). The highest BCUT2D eigenvalue weighted by Gasteiger charge is 2.43. The summed E-state index contributed by atoms with van der Waals surface area (Å²) in [5.74, 6) is 0.215. The molecule has 0 unspecified atom stereocenters. The van der Waals surface area contributed by atoms with Crippen molar-refractivity contribution in [3.8, 4) is 11.5 Å². The van der Waals surface area contributed by atoms with Crippen molar-refractivity contribution in [2.75, 3.05) is 25.7 Å². The number of hydrogen-bond acceptors (Lipinski definition) is 5. The predicted octanol–water partition coefficient (Wildman–Crippen LogP) is 2.14. The van der Waals surface area contributed by atoms with Crippen LogP contribution in [0.5, 0.6) is 11.5 Å². The second kappa shape index (κ2) is 6.66. The first-order valence-electron chi connectivity index (χ1n) is 8.62. The number of ether oxygens (including phenoxy) is 2. The van der Waals surface area contributed by atoms with Gasteiger partial charge in [0.1, 0.15) is 5.82 Å². The Morgan fingerprint density at radius 2 is 1.59 bits per heavy atom. The Balaban J connectivity index is 1.67. The van der Waals surface area contributed by atoms with Gasteiger partial charge >= 0.3 is 0 Å². The van der Waals surface area contributed by atoms with Crippen LogP contribution in [-0.4, -0.2) is 43.5 Å². The van der Waals surface area contributed by atoms with Crippen molar-refractivity contribution < 1.29 is 23.5 Å². The standard InChI is InChI=1S/C20H19FN2O4/c1-26-17-8-12-7-16-20(25)23(15-5-3-14(21)4-6-15)19(24)11-22(16)10-13(12)9-18(17)27-2/h3-6,8-9,16H,7,10-11H2,1-2H3/t16-/m1/s1. The van der Waals surface area contributed by atoms with Gasteiger partial charge in [0.2, 0.25) is 5.91 Å². The zero-order valence-corrected chi connectivity index (χ0v) is 15.1. The van der Waals surface area contributed by atoms with E-state index in [9.17, 15) is 14.0 Å². The number of anilines is 1. The van der Waals surface area contributed by atoms with Gasteiger partial charge in [-0.3, -0.25) is 14.5 Å².